The minimum atomic E-state index is -0.102. The van der Waals surface area contributed by atoms with Crippen LogP contribution in [-0.4, -0.2) is 39.2 Å². The first-order valence-electron chi connectivity index (χ1n) is 9.40. The summed E-state index contributed by atoms with van der Waals surface area (Å²) in [6.45, 7) is 5.25. The van der Waals surface area contributed by atoms with E-state index < -0.39 is 0 Å². The van der Waals surface area contributed by atoms with Crippen molar-refractivity contribution in [3.63, 3.8) is 0 Å². The van der Waals surface area contributed by atoms with Crippen molar-refractivity contribution in [3.8, 4) is 5.75 Å². The van der Waals surface area contributed by atoms with Crippen molar-refractivity contribution in [2.45, 2.75) is 39.5 Å². The molecule has 0 bridgehead atoms. The van der Waals surface area contributed by atoms with E-state index in [9.17, 15) is 4.79 Å². The predicted octanol–water partition coefficient (Wildman–Crippen LogP) is 3.07. The van der Waals surface area contributed by atoms with E-state index in [1.54, 1.807) is 6.33 Å². The van der Waals surface area contributed by atoms with E-state index in [1.165, 1.54) is 0 Å². The predicted molar refractivity (Wildman–Crippen MR) is 104 cm³/mol. The number of nitrogens with zero attached hydrogens (tertiary/aromatic N) is 3. The van der Waals surface area contributed by atoms with Gasteiger partial charge in [0.25, 0.3) is 5.91 Å². The van der Waals surface area contributed by atoms with Gasteiger partial charge in [-0.15, -0.1) is 10.2 Å². The highest BCUT2D eigenvalue weighted by atomic mass is 16.5. The molecule has 3 aromatic rings. The van der Waals surface area contributed by atoms with Gasteiger partial charge in [0.1, 0.15) is 17.9 Å². The van der Waals surface area contributed by atoms with Gasteiger partial charge in [-0.1, -0.05) is 13.3 Å². The molecule has 0 spiro atoms. The fourth-order valence-corrected chi connectivity index (χ4v) is 2.96. The van der Waals surface area contributed by atoms with Gasteiger partial charge in [0.2, 0.25) is 0 Å². The molecule has 3 rings (SSSR count). The number of aromatic amines is 1. The van der Waals surface area contributed by atoms with Crippen molar-refractivity contribution in [2.24, 2.45) is 0 Å². The zero-order chi connectivity index (χ0) is 19.1. The maximum Gasteiger partial charge on any atom is 0.251 e. The summed E-state index contributed by atoms with van der Waals surface area (Å²) in [6, 6.07) is 7.56. The molecule has 0 saturated carbocycles. The molecule has 2 heterocycles. The normalized spacial score (nSPS) is 10.9. The molecule has 0 unspecified atom stereocenters. The standard InChI is InChI=1S/C20H25N5O2/c1-3-6-15-12-18(27-4-2)16-9-8-14(11-17(16)24-15)20(26)21-10-5-7-19-22-13-23-25-19/h8-9,11-13H,3-7,10H2,1-2H3,(H,21,26)(H,22,23,25). The minimum Gasteiger partial charge on any atom is -0.493 e. The number of rotatable bonds is 9. The molecule has 0 fully saturated rings. The first-order chi connectivity index (χ1) is 13.2. The highest BCUT2D eigenvalue weighted by Gasteiger charge is 2.11. The smallest absolute Gasteiger partial charge is 0.251 e. The van der Waals surface area contributed by atoms with Crippen molar-refractivity contribution in [1.29, 1.82) is 0 Å². The molecule has 27 heavy (non-hydrogen) atoms. The quantitative estimate of drug-likeness (QED) is 0.567. The average Bonchev–Trinajstić information content (AvgIpc) is 3.18. The molecule has 0 saturated heterocycles. The Kier molecular flexibility index (Phi) is 6.35. The summed E-state index contributed by atoms with van der Waals surface area (Å²) in [5, 5.41) is 11.6. The number of carbonyl (C=O) groups excluding carboxylic acids is 1. The minimum absolute atomic E-state index is 0.102. The zero-order valence-electron chi connectivity index (χ0n) is 15.8. The third kappa shape index (κ3) is 4.81. The van der Waals surface area contributed by atoms with Crippen LogP contribution in [0.15, 0.2) is 30.6 Å². The number of pyridine rings is 1. The fraction of sp³-hybridized carbons (Fsp3) is 0.400. The van der Waals surface area contributed by atoms with Gasteiger partial charge in [-0.25, -0.2) is 0 Å². The van der Waals surface area contributed by atoms with Crippen LogP contribution in [-0.2, 0) is 12.8 Å². The summed E-state index contributed by atoms with van der Waals surface area (Å²) in [6.07, 6.45) is 4.99. The first kappa shape index (κ1) is 18.8. The Bertz CT molecular complexity index is 893. The first-order valence-corrected chi connectivity index (χ1v) is 9.40. The number of fused-ring (bicyclic) bond motifs is 1. The molecular formula is C20H25N5O2. The lowest BCUT2D eigenvalue weighted by atomic mass is 10.1. The van der Waals surface area contributed by atoms with Crippen LogP contribution in [0.25, 0.3) is 10.9 Å². The van der Waals surface area contributed by atoms with Crippen LogP contribution < -0.4 is 10.1 Å². The molecule has 0 aliphatic carbocycles. The number of carbonyl (C=O) groups is 1. The van der Waals surface area contributed by atoms with E-state index in [-0.39, 0.29) is 5.91 Å². The molecule has 2 aromatic heterocycles. The molecule has 0 atom stereocenters. The molecular weight excluding hydrogens is 342 g/mol. The van der Waals surface area contributed by atoms with Crippen LogP contribution in [0.5, 0.6) is 5.75 Å². The highest BCUT2D eigenvalue weighted by Crippen LogP contribution is 2.27. The number of nitrogens with one attached hydrogen (secondary N) is 2. The van der Waals surface area contributed by atoms with Gasteiger partial charge in [-0.3, -0.25) is 9.78 Å². The van der Waals surface area contributed by atoms with Crippen molar-refractivity contribution in [3.05, 3.63) is 47.7 Å². The molecule has 0 aliphatic rings. The van der Waals surface area contributed by atoms with Crippen molar-refractivity contribution < 1.29 is 9.53 Å². The van der Waals surface area contributed by atoms with E-state index >= 15 is 0 Å². The van der Waals surface area contributed by atoms with E-state index in [1.807, 2.05) is 31.2 Å². The number of aryl methyl sites for hydroxylation is 2. The molecule has 1 amide bonds. The lowest BCUT2D eigenvalue weighted by molar-refractivity contribution is 0.0953. The molecule has 7 heteroatoms. The second kappa shape index (κ2) is 9.12. The molecule has 0 aliphatic heterocycles. The molecule has 7 nitrogen and oxygen atoms in total. The number of aromatic nitrogens is 4. The Labute approximate surface area is 158 Å². The van der Waals surface area contributed by atoms with Crippen LogP contribution in [0.4, 0.5) is 0 Å². The molecule has 1 aromatic carbocycles. The average molecular weight is 367 g/mol. The number of hydrogen-bond donors (Lipinski definition) is 2. The Morgan fingerprint density at radius 2 is 2.11 bits per heavy atom. The Morgan fingerprint density at radius 1 is 1.22 bits per heavy atom. The zero-order valence-corrected chi connectivity index (χ0v) is 15.8. The van der Waals surface area contributed by atoms with Gasteiger partial charge in [-0.2, -0.15) is 0 Å². The Morgan fingerprint density at radius 3 is 2.85 bits per heavy atom. The summed E-state index contributed by atoms with van der Waals surface area (Å²) < 4.78 is 5.77. The van der Waals surface area contributed by atoms with Crippen LogP contribution in [0.2, 0.25) is 0 Å². The maximum atomic E-state index is 12.5. The monoisotopic (exact) mass is 367 g/mol. The summed E-state index contributed by atoms with van der Waals surface area (Å²) >= 11 is 0. The van der Waals surface area contributed by atoms with E-state index in [4.69, 9.17) is 9.72 Å². The van der Waals surface area contributed by atoms with Gasteiger partial charge >= 0.3 is 0 Å². The summed E-state index contributed by atoms with van der Waals surface area (Å²) in [7, 11) is 0. The second-order valence-electron chi connectivity index (χ2n) is 6.32. The number of amides is 1. The molecule has 0 radical (unpaired) electrons. The van der Waals surface area contributed by atoms with Gasteiger partial charge in [0, 0.05) is 35.7 Å². The van der Waals surface area contributed by atoms with Crippen LogP contribution in [0.1, 0.15) is 48.6 Å². The van der Waals surface area contributed by atoms with Crippen molar-refractivity contribution in [1.82, 2.24) is 25.5 Å². The Balaban J connectivity index is 1.71. The largest absolute Gasteiger partial charge is 0.493 e. The van der Waals surface area contributed by atoms with Gasteiger partial charge < -0.3 is 15.0 Å². The van der Waals surface area contributed by atoms with Crippen LogP contribution in [0.3, 0.4) is 0 Å². The fourth-order valence-electron chi connectivity index (χ4n) is 2.96. The highest BCUT2D eigenvalue weighted by molar-refractivity contribution is 5.98. The number of ether oxygens (including phenoxy) is 1. The third-order valence-corrected chi connectivity index (χ3v) is 4.24. The van der Waals surface area contributed by atoms with E-state index in [0.717, 1.165) is 53.9 Å². The number of benzene rings is 1. The second-order valence-corrected chi connectivity index (χ2v) is 6.32. The lowest BCUT2D eigenvalue weighted by Crippen LogP contribution is -2.24. The van der Waals surface area contributed by atoms with E-state index in [2.05, 4.69) is 27.4 Å². The summed E-state index contributed by atoms with van der Waals surface area (Å²) in [5.41, 5.74) is 2.38. The van der Waals surface area contributed by atoms with Crippen molar-refractivity contribution in [2.75, 3.05) is 13.2 Å². The van der Waals surface area contributed by atoms with Gasteiger partial charge in [0.05, 0.1) is 12.1 Å². The summed E-state index contributed by atoms with van der Waals surface area (Å²) in [4.78, 5) is 20.1. The van der Waals surface area contributed by atoms with Crippen LogP contribution in [0, 0.1) is 0 Å². The molecule has 142 valence electrons. The van der Waals surface area contributed by atoms with Gasteiger partial charge in [-0.05, 0) is 38.0 Å². The topological polar surface area (TPSA) is 92.8 Å². The Hall–Kier alpha value is -2.96. The number of H-pyrrole nitrogens is 1. The third-order valence-electron chi connectivity index (χ3n) is 4.24. The molecule has 2 N–H and O–H groups in total. The maximum absolute atomic E-state index is 12.5. The van der Waals surface area contributed by atoms with E-state index in [0.29, 0.717) is 18.7 Å². The van der Waals surface area contributed by atoms with Gasteiger partial charge in [0.15, 0.2) is 0 Å². The number of hydrogen-bond acceptors (Lipinski definition) is 5. The van der Waals surface area contributed by atoms with Crippen molar-refractivity contribution >= 4 is 16.8 Å². The van der Waals surface area contributed by atoms with Crippen LogP contribution >= 0.6 is 0 Å². The summed E-state index contributed by atoms with van der Waals surface area (Å²) in [5.74, 6) is 1.55. The SMILES string of the molecule is CCCc1cc(OCC)c2ccc(C(=O)NCCCc3nnc[nH]3)cc2n1. The lowest BCUT2D eigenvalue weighted by Gasteiger charge is -2.11.